The Morgan fingerprint density at radius 2 is 1.85 bits per heavy atom. The fourth-order valence-electron chi connectivity index (χ4n) is 4.71. The quantitative estimate of drug-likeness (QED) is 0.549. The summed E-state index contributed by atoms with van der Waals surface area (Å²) in [7, 11) is 0. The van der Waals surface area contributed by atoms with E-state index in [1.165, 1.54) is 17.5 Å². The standard InChI is InChI=1S/C24H36N6O4/c1-16(2)27-24(34)30-12-11-29(23(33)18-9-6-10-26-14-18)15-20(30)22(32)28-19(21(25)31)13-17-7-4-3-5-8-17/h6,9-10,14,16-17,19-20H,3-5,7-8,11-13,15H2,1-2H3,(H2,25,31)(H,27,34)(H,28,32)/t19-,20-/m0/s1. The van der Waals surface area contributed by atoms with Gasteiger partial charge >= 0.3 is 6.03 Å². The summed E-state index contributed by atoms with van der Waals surface area (Å²) in [5.74, 6) is -0.996. The molecule has 3 rings (SSSR count). The van der Waals surface area contributed by atoms with Crippen LogP contribution in [0.5, 0.6) is 0 Å². The number of carbonyl (C=O) groups excluding carboxylic acids is 4. The van der Waals surface area contributed by atoms with E-state index in [2.05, 4.69) is 15.6 Å². The number of nitrogens with zero attached hydrogens (tertiary/aromatic N) is 3. The van der Waals surface area contributed by atoms with Crippen molar-refractivity contribution < 1.29 is 19.2 Å². The lowest BCUT2D eigenvalue weighted by atomic mass is 9.84. The molecule has 5 amide bonds. The molecule has 2 fully saturated rings. The normalized spacial score (nSPS) is 20.0. The number of urea groups is 1. The molecule has 10 heteroatoms. The summed E-state index contributed by atoms with van der Waals surface area (Å²) < 4.78 is 0. The van der Waals surface area contributed by atoms with Gasteiger partial charge in [-0.2, -0.15) is 0 Å². The van der Waals surface area contributed by atoms with Crippen molar-refractivity contribution in [3.63, 3.8) is 0 Å². The molecule has 1 aliphatic carbocycles. The van der Waals surface area contributed by atoms with E-state index in [0.29, 0.717) is 17.9 Å². The van der Waals surface area contributed by atoms with E-state index >= 15 is 0 Å². The van der Waals surface area contributed by atoms with Crippen LogP contribution in [0, 0.1) is 5.92 Å². The summed E-state index contributed by atoms with van der Waals surface area (Å²) in [4.78, 5) is 58.3. The Balaban J connectivity index is 1.75. The zero-order valence-corrected chi connectivity index (χ0v) is 20.0. The van der Waals surface area contributed by atoms with E-state index in [-0.39, 0.29) is 37.6 Å². The zero-order chi connectivity index (χ0) is 24.7. The maximum absolute atomic E-state index is 13.4. The summed E-state index contributed by atoms with van der Waals surface area (Å²) in [5.41, 5.74) is 6.04. The first-order valence-corrected chi connectivity index (χ1v) is 12.1. The highest BCUT2D eigenvalue weighted by Gasteiger charge is 2.39. The highest BCUT2D eigenvalue weighted by Crippen LogP contribution is 2.27. The second-order valence-corrected chi connectivity index (χ2v) is 9.51. The van der Waals surface area contributed by atoms with Crippen LogP contribution in [0.15, 0.2) is 24.5 Å². The largest absolute Gasteiger partial charge is 0.368 e. The van der Waals surface area contributed by atoms with Crippen molar-refractivity contribution in [2.75, 3.05) is 19.6 Å². The Bertz CT molecular complexity index is 871. The van der Waals surface area contributed by atoms with E-state index in [0.717, 1.165) is 25.7 Å². The monoisotopic (exact) mass is 472 g/mol. The molecule has 1 aromatic heterocycles. The number of carbonyl (C=O) groups is 4. The van der Waals surface area contributed by atoms with Crippen molar-refractivity contribution in [3.05, 3.63) is 30.1 Å². The second kappa shape index (κ2) is 11.8. The summed E-state index contributed by atoms with van der Waals surface area (Å²) in [5, 5.41) is 5.60. The van der Waals surface area contributed by atoms with Crippen LogP contribution in [0.3, 0.4) is 0 Å². The van der Waals surface area contributed by atoms with Gasteiger partial charge in [0.25, 0.3) is 5.91 Å². The van der Waals surface area contributed by atoms with Crippen LogP contribution in [0.2, 0.25) is 0 Å². The molecular weight excluding hydrogens is 436 g/mol. The number of pyridine rings is 1. The third-order valence-electron chi connectivity index (χ3n) is 6.51. The maximum Gasteiger partial charge on any atom is 0.318 e. The molecule has 0 unspecified atom stereocenters. The van der Waals surface area contributed by atoms with Crippen LogP contribution in [0.1, 0.15) is 62.7 Å². The van der Waals surface area contributed by atoms with E-state index in [1.807, 2.05) is 13.8 Å². The third-order valence-corrected chi connectivity index (χ3v) is 6.51. The Kier molecular flexibility index (Phi) is 8.84. The molecule has 1 aliphatic heterocycles. The van der Waals surface area contributed by atoms with Crippen LogP contribution < -0.4 is 16.4 Å². The van der Waals surface area contributed by atoms with E-state index in [9.17, 15) is 19.2 Å². The second-order valence-electron chi connectivity index (χ2n) is 9.51. The molecule has 0 aromatic carbocycles. The molecule has 10 nitrogen and oxygen atoms in total. The lowest BCUT2D eigenvalue weighted by molar-refractivity contribution is -0.131. The number of nitrogens with two attached hydrogens (primary N) is 1. The minimum absolute atomic E-state index is 0.0139. The molecule has 0 bridgehead atoms. The Morgan fingerprint density at radius 1 is 1.12 bits per heavy atom. The number of piperazine rings is 1. The predicted molar refractivity (Wildman–Crippen MR) is 127 cm³/mol. The topological polar surface area (TPSA) is 138 Å². The minimum atomic E-state index is -0.943. The van der Waals surface area contributed by atoms with Crippen molar-refractivity contribution >= 4 is 23.8 Å². The van der Waals surface area contributed by atoms with Crippen LogP contribution in [-0.4, -0.2) is 76.3 Å². The molecule has 2 aliphatic rings. The van der Waals surface area contributed by atoms with Crippen LogP contribution >= 0.6 is 0 Å². The highest BCUT2D eigenvalue weighted by molar-refractivity contribution is 5.96. The number of hydrogen-bond donors (Lipinski definition) is 3. The van der Waals surface area contributed by atoms with Gasteiger partial charge in [0.05, 0.1) is 12.1 Å². The van der Waals surface area contributed by atoms with Gasteiger partial charge in [-0.3, -0.25) is 19.4 Å². The van der Waals surface area contributed by atoms with Crippen LogP contribution in [0.4, 0.5) is 4.79 Å². The van der Waals surface area contributed by atoms with Gasteiger partial charge in [-0.1, -0.05) is 32.1 Å². The van der Waals surface area contributed by atoms with Crippen LogP contribution in [0.25, 0.3) is 0 Å². The molecule has 2 heterocycles. The van der Waals surface area contributed by atoms with Gasteiger partial charge in [0, 0.05) is 31.5 Å². The van der Waals surface area contributed by atoms with Gasteiger partial charge in [0.15, 0.2) is 0 Å². The van der Waals surface area contributed by atoms with Crippen molar-refractivity contribution in [2.45, 2.75) is 70.5 Å². The number of hydrogen-bond acceptors (Lipinski definition) is 5. The van der Waals surface area contributed by atoms with Crippen molar-refractivity contribution in [1.82, 2.24) is 25.4 Å². The average molecular weight is 473 g/mol. The smallest absolute Gasteiger partial charge is 0.318 e. The van der Waals surface area contributed by atoms with Gasteiger partial charge in [-0.15, -0.1) is 0 Å². The summed E-state index contributed by atoms with van der Waals surface area (Å²) in [6.07, 6.45) is 8.98. The summed E-state index contributed by atoms with van der Waals surface area (Å²) >= 11 is 0. The first kappa shape index (κ1) is 25.5. The van der Waals surface area contributed by atoms with Gasteiger partial charge in [-0.05, 0) is 38.3 Å². The summed E-state index contributed by atoms with van der Waals surface area (Å²) in [6.45, 7) is 4.15. The molecule has 1 aromatic rings. The lowest BCUT2D eigenvalue weighted by Gasteiger charge is -2.41. The van der Waals surface area contributed by atoms with Gasteiger partial charge in [-0.25, -0.2) is 4.79 Å². The average Bonchev–Trinajstić information content (AvgIpc) is 2.83. The van der Waals surface area contributed by atoms with Crippen molar-refractivity contribution in [1.29, 1.82) is 0 Å². The fourth-order valence-corrected chi connectivity index (χ4v) is 4.71. The Morgan fingerprint density at radius 3 is 2.47 bits per heavy atom. The number of primary amides is 1. The van der Waals surface area contributed by atoms with E-state index in [1.54, 1.807) is 23.2 Å². The molecule has 34 heavy (non-hydrogen) atoms. The molecule has 186 valence electrons. The van der Waals surface area contributed by atoms with Gasteiger partial charge < -0.3 is 26.2 Å². The molecule has 2 atom stereocenters. The third kappa shape index (κ3) is 6.68. The first-order chi connectivity index (χ1) is 16.3. The van der Waals surface area contributed by atoms with E-state index in [4.69, 9.17) is 5.73 Å². The predicted octanol–water partition coefficient (Wildman–Crippen LogP) is 1.27. The van der Waals surface area contributed by atoms with Crippen molar-refractivity contribution in [2.24, 2.45) is 11.7 Å². The maximum atomic E-state index is 13.4. The fraction of sp³-hybridized carbons (Fsp3) is 0.625. The van der Waals surface area contributed by atoms with Gasteiger partial charge in [0.1, 0.15) is 12.1 Å². The molecular formula is C24H36N6O4. The van der Waals surface area contributed by atoms with Crippen LogP contribution in [-0.2, 0) is 9.59 Å². The number of amides is 5. The lowest BCUT2D eigenvalue weighted by Crippen LogP contribution is -2.65. The first-order valence-electron chi connectivity index (χ1n) is 12.1. The Labute approximate surface area is 200 Å². The molecule has 0 spiro atoms. The highest BCUT2D eigenvalue weighted by atomic mass is 16.2. The van der Waals surface area contributed by atoms with Gasteiger partial charge in [0.2, 0.25) is 11.8 Å². The number of rotatable bonds is 7. The molecule has 1 saturated heterocycles. The molecule has 0 radical (unpaired) electrons. The van der Waals surface area contributed by atoms with Crippen molar-refractivity contribution in [3.8, 4) is 0 Å². The number of nitrogens with one attached hydrogen (secondary N) is 2. The number of aromatic nitrogens is 1. The SMILES string of the molecule is CC(C)NC(=O)N1CCN(C(=O)c2cccnc2)C[C@H]1C(=O)N[C@@H](CC1CCCCC1)C(N)=O. The summed E-state index contributed by atoms with van der Waals surface area (Å²) in [6, 6.07) is 1.08. The minimum Gasteiger partial charge on any atom is -0.368 e. The van der Waals surface area contributed by atoms with E-state index < -0.39 is 23.9 Å². The molecule has 4 N–H and O–H groups in total. The Hall–Kier alpha value is -3.17. The molecule has 1 saturated carbocycles. The zero-order valence-electron chi connectivity index (χ0n) is 20.0.